The van der Waals surface area contributed by atoms with E-state index in [1.807, 2.05) is 0 Å². The van der Waals surface area contributed by atoms with E-state index in [2.05, 4.69) is 5.32 Å². The second kappa shape index (κ2) is 5.21. The lowest BCUT2D eigenvalue weighted by molar-refractivity contribution is -0.119. The largest absolute Gasteiger partial charge is 0.478 e. The average molecular weight is 247 g/mol. The van der Waals surface area contributed by atoms with Gasteiger partial charge in [0, 0.05) is 11.6 Å². The van der Waals surface area contributed by atoms with Crippen molar-refractivity contribution in [1.29, 1.82) is 0 Å². The Morgan fingerprint density at radius 2 is 1.94 bits per heavy atom. The molecule has 2 N–H and O–H groups in total. The third kappa shape index (κ3) is 2.70. The van der Waals surface area contributed by atoms with Gasteiger partial charge in [-0.15, -0.1) is 0 Å². The van der Waals surface area contributed by atoms with E-state index in [9.17, 15) is 9.59 Å². The van der Waals surface area contributed by atoms with Gasteiger partial charge >= 0.3 is 5.97 Å². The highest BCUT2D eigenvalue weighted by Gasteiger charge is 2.22. The molecular weight excluding hydrogens is 230 g/mol. The Kier molecular flexibility index (Phi) is 3.65. The van der Waals surface area contributed by atoms with Crippen LogP contribution in [0.5, 0.6) is 0 Å². The molecular formula is C14H17NO3. The molecule has 18 heavy (non-hydrogen) atoms. The van der Waals surface area contributed by atoms with Crippen LogP contribution in [0.15, 0.2) is 18.2 Å². The van der Waals surface area contributed by atoms with Gasteiger partial charge < -0.3 is 10.4 Å². The third-order valence-corrected chi connectivity index (χ3v) is 3.46. The SMILES string of the molecule is Cc1ccc(NC(=O)C2CCCC2)cc1C(=O)O. The first kappa shape index (κ1) is 12.6. The summed E-state index contributed by atoms with van der Waals surface area (Å²) in [5.41, 5.74) is 1.50. The maximum Gasteiger partial charge on any atom is 0.336 e. The topological polar surface area (TPSA) is 66.4 Å². The molecule has 1 saturated carbocycles. The molecule has 96 valence electrons. The lowest BCUT2D eigenvalue weighted by atomic mass is 10.1. The Bertz CT molecular complexity index is 476. The summed E-state index contributed by atoms with van der Waals surface area (Å²) >= 11 is 0. The fraction of sp³-hybridized carbons (Fsp3) is 0.429. The van der Waals surface area contributed by atoms with Gasteiger partial charge in [-0.05, 0) is 37.5 Å². The highest BCUT2D eigenvalue weighted by molar-refractivity contribution is 5.95. The fourth-order valence-corrected chi connectivity index (χ4v) is 2.36. The number of anilines is 1. The predicted octanol–water partition coefficient (Wildman–Crippen LogP) is 2.82. The van der Waals surface area contributed by atoms with Crippen molar-refractivity contribution in [2.24, 2.45) is 5.92 Å². The summed E-state index contributed by atoms with van der Waals surface area (Å²) in [5.74, 6) is -0.878. The number of benzene rings is 1. The van der Waals surface area contributed by atoms with Crippen LogP contribution in [0.3, 0.4) is 0 Å². The lowest BCUT2D eigenvalue weighted by Crippen LogP contribution is -2.20. The molecule has 1 amide bonds. The van der Waals surface area contributed by atoms with Crippen molar-refractivity contribution in [2.45, 2.75) is 32.6 Å². The second-order valence-electron chi connectivity index (χ2n) is 4.81. The fourth-order valence-electron chi connectivity index (χ4n) is 2.36. The van der Waals surface area contributed by atoms with Crippen LogP contribution >= 0.6 is 0 Å². The lowest BCUT2D eigenvalue weighted by Gasteiger charge is -2.11. The van der Waals surface area contributed by atoms with Gasteiger partial charge in [0.15, 0.2) is 0 Å². The summed E-state index contributed by atoms with van der Waals surface area (Å²) < 4.78 is 0. The highest BCUT2D eigenvalue weighted by atomic mass is 16.4. The molecule has 0 atom stereocenters. The van der Waals surface area contributed by atoms with Crippen molar-refractivity contribution < 1.29 is 14.7 Å². The number of carbonyl (C=O) groups excluding carboxylic acids is 1. The summed E-state index contributed by atoms with van der Waals surface area (Å²) in [6.45, 7) is 1.74. The molecule has 1 aromatic carbocycles. The number of aromatic carboxylic acids is 1. The summed E-state index contributed by atoms with van der Waals surface area (Å²) in [6, 6.07) is 4.98. The standard InChI is InChI=1S/C14H17NO3/c1-9-6-7-11(8-12(9)14(17)18)15-13(16)10-4-2-3-5-10/h6-8,10H,2-5H2,1H3,(H,15,16)(H,17,18). The molecule has 1 aliphatic rings. The van der Waals surface area contributed by atoms with Crippen LogP contribution in [0.1, 0.15) is 41.6 Å². The van der Waals surface area contributed by atoms with Crippen LogP contribution in [0.4, 0.5) is 5.69 Å². The molecule has 4 nitrogen and oxygen atoms in total. The number of nitrogens with one attached hydrogen (secondary N) is 1. The molecule has 0 saturated heterocycles. The van der Waals surface area contributed by atoms with Gasteiger partial charge in [0.05, 0.1) is 5.56 Å². The molecule has 1 aromatic rings. The van der Waals surface area contributed by atoms with E-state index >= 15 is 0 Å². The van der Waals surface area contributed by atoms with E-state index in [0.29, 0.717) is 11.3 Å². The van der Waals surface area contributed by atoms with E-state index in [-0.39, 0.29) is 17.4 Å². The number of carboxylic acid groups (broad SMARTS) is 1. The van der Waals surface area contributed by atoms with Gasteiger partial charge in [-0.2, -0.15) is 0 Å². The summed E-state index contributed by atoms with van der Waals surface area (Å²) in [7, 11) is 0. The van der Waals surface area contributed by atoms with Crippen molar-refractivity contribution in [3.8, 4) is 0 Å². The zero-order valence-corrected chi connectivity index (χ0v) is 10.4. The Morgan fingerprint density at radius 3 is 2.56 bits per heavy atom. The average Bonchev–Trinajstić information content (AvgIpc) is 2.85. The Hall–Kier alpha value is -1.84. The molecule has 4 heteroatoms. The smallest absolute Gasteiger partial charge is 0.336 e. The van der Waals surface area contributed by atoms with Crippen LogP contribution in [0.25, 0.3) is 0 Å². The third-order valence-electron chi connectivity index (χ3n) is 3.46. The minimum absolute atomic E-state index is 0.00712. The maximum absolute atomic E-state index is 11.9. The van der Waals surface area contributed by atoms with Gasteiger partial charge in [0.1, 0.15) is 0 Å². The van der Waals surface area contributed by atoms with Crippen molar-refractivity contribution >= 4 is 17.6 Å². The molecule has 0 heterocycles. The van der Waals surface area contributed by atoms with E-state index < -0.39 is 5.97 Å². The number of amides is 1. The van der Waals surface area contributed by atoms with Crippen molar-refractivity contribution in [2.75, 3.05) is 5.32 Å². The first-order valence-electron chi connectivity index (χ1n) is 6.23. The van der Waals surface area contributed by atoms with Crippen molar-refractivity contribution in [3.05, 3.63) is 29.3 Å². The number of carboxylic acids is 1. The Labute approximate surface area is 106 Å². The zero-order valence-electron chi connectivity index (χ0n) is 10.4. The van der Waals surface area contributed by atoms with Gasteiger partial charge in [-0.25, -0.2) is 4.79 Å². The summed E-state index contributed by atoms with van der Waals surface area (Å²) in [6.07, 6.45) is 4.08. The molecule has 1 aliphatic carbocycles. The normalized spacial score (nSPS) is 15.6. The molecule has 0 spiro atoms. The van der Waals surface area contributed by atoms with Crippen molar-refractivity contribution in [3.63, 3.8) is 0 Å². The number of hydrogen-bond acceptors (Lipinski definition) is 2. The molecule has 0 radical (unpaired) electrons. The Balaban J connectivity index is 2.11. The number of hydrogen-bond donors (Lipinski definition) is 2. The minimum Gasteiger partial charge on any atom is -0.478 e. The first-order valence-corrected chi connectivity index (χ1v) is 6.23. The minimum atomic E-state index is -0.968. The van der Waals surface area contributed by atoms with E-state index in [4.69, 9.17) is 5.11 Å². The monoisotopic (exact) mass is 247 g/mol. The van der Waals surface area contributed by atoms with E-state index in [1.54, 1.807) is 19.1 Å². The summed E-state index contributed by atoms with van der Waals surface area (Å²) in [5, 5.41) is 11.8. The van der Waals surface area contributed by atoms with E-state index in [1.165, 1.54) is 6.07 Å². The van der Waals surface area contributed by atoms with Gasteiger partial charge in [-0.3, -0.25) is 4.79 Å². The van der Waals surface area contributed by atoms with Crippen LogP contribution < -0.4 is 5.32 Å². The molecule has 1 fully saturated rings. The van der Waals surface area contributed by atoms with Crippen LogP contribution in [0, 0.1) is 12.8 Å². The quantitative estimate of drug-likeness (QED) is 0.863. The number of carbonyl (C=O) groups is 2. The highest BCUT2D eigenvalue weighted by Crippen LogP contribution is 2.26. The van der Waals surface area contributed by atoms with E-state index in [0.717, 1.165) is 25.7 Å². The predicted molar refractivity (Wildman–Crippen MR) is 68.7 cm³/mol. The molecule has 0 bridgehead atoms. The molecule has 2 rings (SSSR count). The van der Waals surface area contributed by atoms with Crippen LogP contribution in [-0.2, 0) is 4.79 Å². The van der Waals surface area contributed by atoms with Gasteiger partial charge in [0.25, 0.3) is 0 Å². The molecule has 0 aliphatic heterocycles. The molecule has 0 aromatic heterocycles. The Morgan fingerprint density at radius 1 is 1.28 bits per heavy atom. The van der Waals surface area contributed by atoms with Gasteiger partial charge in [-0.1, -0.05) is 18.9 Å². The number of rotatable bonds is 3. The summed E-state index contributed by atoms with van der Waals surface area (Å²) in [4.78, 5) is 22.9. The van der Waals surface area contributed by atoms with Gasteiger partial charge in [0.2, 0.25) is 5.91 Å². The molecule has 0 unspecified atom stereocenters. The maximum atomic E-state index is 11.9. The van der Waals surface area contributed by atoms with Crippen LogP contribution in [0.2, 0.25) is 0 Å². The zero-order chi connectivity index (χ0) is 13.1. The first-order chi connectivity index (χ1) is 8.58. The van der Waals surface area contributed by atoms with Crippen molar-refractivity contribution in [1.82, 2.24) is 0 Å². The second-order valence-corrected chi connectivity index (χ2v) is 4.81. The number of aryl methyl sites for hydroxylation is 1. The van der Waals surface area contributed by atoms with Crippen LogP contribution in [-0.4, -0.2) is 17.0 Å².